The van der Waals surface area contributed by atoms with Crippen molar-refractivity contribution in [3.63, 3.8) is 0 Å². The van der Waals surface area contributed by atoms with Crippen LogP contribution in [0, 0.1) is 11.3 Å². The summed E-state index contributed by atoms with van der Waals surface area (Å²) in [5.74, 6) is -0.461. The fourth-order valence-corrected chi connectivity index (χ4v) is 2.39. The zero-order chi connectivity index (χ0) is 12.6. The van der Waals surface area contributed by atoms with Crippen molar-refractivity contribution < 1.29 is 9.59 Å². The summed E-state index contributed by atoms with van der Waals surface area (Å²) in [4.78, 5) is 24.1. The first-order valence-corrected chi connectivity index (χ1v) is 5.95. The molecule has 0 aromatic carbocycles. The molecule has 2 rings (SSSR count). The fraction of sp³-hybridized carbons (Fsp3) is 0.615. The Morgan fingerprint density at radius 2 is 2.24 bits per heavy atom. The molecule has 92 valence electrons. The van der Waals surface area contributed by atoms with Gasteiger partial charge in [-0.05, 0) is 18.3 Å². The van der Waals surface area contributed by atoms with Crippen LogP contribution in [-0.4, -0.2) is 21.3 Å². The van der Waals surface area contributed by atoms with E-state index in [1.807, 2.05) is 0 Å². The molecule has 1 unspecified atom stereocenters. The maximum atomic E-state index is 12.2. The molecule has 0 saturated heterocycles. The number of ketones is 2. The molecular weight excluding hydrogens is 216 g/mol. The Morgan fingerprint density at radius 3 is 2.82 bits per heavy atom. The van der Waals surface area contributed by atoms with Gasteiger partial charge in [0.15, 0.2) is 5.78 Å². The number of carbonyl (C=O) groups is 2. The molecule has 4 heteroatoms. The minimum atomic E-state index is -0.469. The number of carbonyl (C=O) groups excluding carboxylic acids is 2. The zero-order valence-corrected chi connectivity index (χ0v) is 10.6. The third-order valence-electron chi connectivity index (χ3n) is 3.50. The molecule has 1 aromatic heterocycles. The molecule has 0 radical (unpaired) electrons. The fourth-order valence-electron chi connectivity index (χ4n) is 2.39. The van der Waals surface area contributed by atoms with Gasteiger partial charge in [-0.1, -0.05) is 13.8 Å². The number of hydrogen-bond donors (Lipinski definition) is 0. The van der Waals surface area contributed by atoms with E-state index in [-0.39, 0.29) is 17.0 Å². The summed E-state index contributed by atoms with van der Waals surface area (Å²) in [5, 5.41) is 3.98. The average Bonchev–Trinajstić information content (AvgIpc) is 2.68. The first-order valence-electron chi connectivity index (χ1n) is 5.95. The van der Waals surface area contributed by atoms with Crippen molar-refractivity contribution in [2.75, 3.05) is 0 Å². The molecule has 1 aliphatic carbocycles. The van der Waals surface area contributed by atoms with E-state index in [4.69, 9.17) is 0 Å². The van der Waals surface area contributed by atoms with Gasteiger partial charge in [0.1, 0.15) is 5.78 Å². The summed E-state index contributed by atoms with van der Waals surface area (Å²) in [6.07, 6.45) is 5.26. The predicted octanol–water partition coefficient (Wildman–Crippen LogP) is 2.00. The first-order chi connectivity index (χ1) is 7.89. The van der Waals surface area contributed by atoms with E-state index >= 15 is 0 Å². The van der Waals surface area contributed by atoms with Gasteiger partial charge in [0.2, 0.25) is 0 Å². The van der Waals surface area contributed by atoms with Gasteiger partial charge in [-0.2, -0.15) is 5.10 Å². The van der Waals surface area contributed by atoms with Crippen molar-refractivity contribution in [2.45, 2.75) is 33.1 Å². The molecule has 17 heavy (non-hydrogen) atoms. The first kappa shape index (κ1) is 12.0. The standard InChI is InChI=1S/C13H18N2O2/c1-13(2)5-4-11(16)10(6-13)12(17)9-7-14-15(3)8-9/h7-8,10H,4-6H2,1-3H3. The molecule has 1 fully saturated rings. The van der Waals surface area contributed by atoms with Crippen LogP contribution in [0.1, 0.15) is 43.5 Å². The molecule has 1 saturated carbocycles. The third kappa shape index (κ3) is 2.46. The van der Waals surface area contributed by atoms with Gasteiger partial charge in [0, 0.05) is 19.7 Å². The molecule has 4 nitrogen and oxygen atoms in total. The Morgan fingerprint density at radius 1 is 1.53 bits per heavy atom. The van der Waals surface area contributed by atoms with Crippen molar-refractivity contribution in [3.05, 3.63) is 18.0 Å². The van der Waals surface area contributed by atoms with Crippen molar-refractivity contribution in [2.24, 2.45) is 18.4 Å². The molecule has 0 amide bonds. The van der Waals surface area contributed by atoms with Crippen LogP contribution in [0.25, 0.3) is 0 Å². The number of Topliss-reactive ketones (excluding diaryl/α,β-unsaturated/α-hetero) is 2. The summed E-state index contributed by atoms with van der Waals surface area (Å²) in [6, 6.07) is 0. The van der Waals surface area contributed by atoms with Gasteiger partial charge in [-0.15, -0.1) is 0 Å². The minimum absolute atomic E-state index is 0.0733. The molecule has 0 N–H and O–H groups in total. The topological polar surface area (TPSA) is 52.0 Å². The molecule has 0 bridgehead atoms. The Kier molecular flexibility index (Phi) is 2.89. The normalized spacial score (nSPS) is 23.7. The maximum Gasteiger partial charge on any atom is 0.176 e. The number of rotatable bonds is 2. The van der Waals surface area contributed by atoms with Gasteiger partial charge in [0.05, 0.1) is 17.7 Å². The molecule has 0 aliphatic heterocycles. The van der Waals surface area contributed by atoms with E-state index in [0.717, 1.165) is 6.42 Å². The van der Waals surface area contributed by atoms with Gasteiger partial charge >= 0.3 is 0 Å². The van der Waals surface area contributed by atoms with Crippen molar-refractivity contribution in [3.8, 4) is 0 Å². The van der Waals surface area contributed by atoms with Crippen molar-refractivity contribution in [1.82, 2.24) is 9.78 Å². The van der Waals surface area contributed by atoms with Crippen LogP contribution in [0.2, 0.25) is 0 Å². The van der Waals surface area contributed by atoms with Crippen LogP contribution in [0.4, 0.5) is 0 Å². The van der Waals surface area contributed by atoms with E-state index in [1.54, 1.807) is 17.9 Å². The summed E-state index contributed by atoms with van der Waals surface area (Å²) in [7, 11) is 1.77. The molecule has 1 aliphatic rings. The second kappa shape index (κ2) is 4.09. The Labute approximate surface area is 101 Å². The summed E-state index contributed by atoms with van der Waals surface area (Å²) >= 11 is 0. The Bertz CT molecular complexity index is 460. The van der Waals surface area contributed by atoms with E-state index in [1.165, 1.54) is 6.20 Å². The molecule has 1 aromatic rings. The molecule has 1 atom stereocenters. The van der Waals surface area contributed by atoms with Gasteiger partial charge < -0.3 is 0 Å². The number of aromatic nitrogens is 2. The molecular formula is C13H18N2O2. The lowest BCUT2D eigenvalue weighted by Gasteiger charge is -2.33. The quantitative estimate of drug-likeness (QED) is 0.581. The van der Waals surface area contributed by atoms with Crippen LogP contribution in [0.3, 0.4) is 0 Å². The van der Waals surface area contributed by atoms with Crippen LogP contribution in [0.15, 0.2) is 12.4 Å². The van der Waals surface area contributed by atoms with E-state index < -0.39 is 5.92 Å². The van der Waals surface area contributed by atoms with Gasteiger partial charge in [-0.25, -0.2) is 0 Å². The third-order valence-corrected chi connectivity index (χ3v) is 3.50. The van der Waals surface area contributed by atoms with E-state index in [9.17, 15) is 9.59 Å². The highest BCUT2D eigenvalue weighted by atomic mass is 16.2. The van der Waals surface area contributed by atoms with Crippen LogP contribution < -0.4 is 0 Å². The summed E-state index contributed by atoms with van der Waals surface area (Å²) in [5.41, 5.74) is 0.625. The molecule has 0 spiro atoms. The van der Waals surface area contributed by atoms with E-state index in [0.29, 0.717) is 18.4 Å². The molecule has 1 heterocycles. The SMILES string of the molecule is Cn1cc(C(=O)C2CC(C)(C)CCC2=O)cn1. The lowest BCUT2D eigenvalue weighted by molar-refractivity contribution is -0.125. The minimum Gasteiger partial charge on any atom is -0.299 e. The largest absolute Gasteiger partial charge is 0.299 e. The van der Waals surface area contributed by atoms with Crippen molar-refractivity contribution >= 4 is 11.6 Å². The summed E-state index contributed by atoms with van der Waals surface area (Å²) in [6.45, 7) is 4.23. The highest BCUT2D eigenvalue weighted by Gasteiger charge is 2.38. The highest BCUT2D eigenvalue weighted by Crippen LogP contribution is 2.37. The van der Waals surface area contributed by atoms with E-state index in [2.05, 4.69) is 18.9 Å². The smallest absolute Gasteiger partial charge is 0.176 e. The van der Waals surface area contributed by atoms with Crippen molar-refractivity contribution in [1.29, 1.82) is 0 Å². The predicted molar refractivity (Wildman–Crippen MR) is 63.7 cm³/mol. The van der Waals surface area contributed by atoms with Gasteiger partial charge in [0.25, 0.3) is 0 Å². The van der Waals surface area contributed by atoms with Gasteiger partial charge in [-0.3, -0.25) is 14.3 Å². The van der Waals surface area contributed by atoms with Crippen LogP contribution >= 0.6 is 0 Å². The lowest BCUT2D eigenvalue weighted by atomic mass is 9.70. The number of hydrogen-bond acceptors (Lipinski definition) is 3. The van der Waals surface area contributed by atoms with Crippen LogP contribution in [0.5, 0.6) is 0 Å². The number of nitrogens with zero attached hydrogens (tertiary/aromatic N) is 2. The maximum absolute atomic E-state index is 12.2. The number of aryl methyl sites for hydroxylation is 1. The second-order valence-electron chi connectivity index (χ2n) is 5.65. The zero-order valence-electron chi connectivity index (χ0n) is 10.6. The van der Waals surface area contributed by atoms with Crippen LogP contribution in [-0.2, 0) is 11.8 Å². The Hall–Kier alpha value is -1.45. The Balaban J connectivity index is 2.21. The highest BCUT2D eigenvalue weighted by molar-refractivity contribution is 6.10. The summed E-state index contributed by atoms with van der Waals surface area (Å²) < 4.78 is 1.59. The monoisotopic (exact) mass is 234 g/mol. The second-order valence-corrected chi connectivity index (χ2v) is 5.65. The average molecular weight is 234 g/mol. The lowest BCUT2D eigenvalue weighted by Crippen LogP contribution is -2.35.